The van der Waals surface area contributed by atoms with Crippen LogP contribution in [0, 0.1) is 0 Å². The van der Waals surface area contributed by atoms with Crippen molar-refractivity contribution in [2.45, 2.75) is 78.6 Å². The molecule has 0 atom stereocenters. The van der Waals surface area contributed by atoms with E-state index in [0.29, 0.717) is 0 Å². The number of hydrogen-bond donors (Lipinski definition) is 0. The summed E-state index contributed by atoms with van der Waals surface area (Å²) in [5, 5.41) is 0. The minimum Gasteiger partial charge on any atom is -0.688 e. The molecule has 0 fully saturated rings. The normalized spacial score (nSPS) is 12.0. The summed E-state index contributed by atoms with van der Waals surface area (Å²) in [5.74, 6) is 0. The standard InChI is InChI=1S/2C12H22N2Si2.Zr/c2*1-15(2,3)13-11-9-7-8-10-12(11)14-16(4,5)6;/h2*7-10H,1-6H3;/q2*-2;+4. The van der Waals surface area contributed by atoms with Gasteiger partial charge in [0.25, 0.3) is 0 Å². The molecule has 2 aromatic carbocycles. The van der Waals surface area contributed by atoms with E-state index in [1.165, 1.54) is 0 Å². The molecule has 0 heterocycles. The Balaban J connectivity index is 0.000000602. The molecule has 0 N–H and O–H groups in total. The molecule has 0 aliphatic rings. The molecule has 0 spiro atoms. The predicted octanol–water partition coefficient (Wildman–Crippen LogP) is 10.7. The Hall–Kier alpha value is -0.609. The van der Waals surface area contributed by atoms with Crippen molar-refractivity contribution in [3.63, 3.8) is 0 Å². The summed E-state index contributed by atoms with van der Waals surface area (Å²) in [7, 11) is -5.70. The van der Waals surface area contributed by atoms with Crippen molar-refractivity contribution in [1.29, 1.82) is 0 Å². The summed E-state index contributed by atoms with van der Waals surface area (Å²) in [6.45, 7) is 27.0. The molecule has 0 unspecified atom stereocenters. The first-order chi connectivity index (χ1) is 14.3. The van der Waals surface area contributed by atoms with Crippen LogP contribution in [0.2, 0.25) is 78.6 Å². The van der Waals surface area contributed by atoms with Gasteiger partial charge >= 0.3 is 26.2 Å². The molecule has 180 valence electrons. The van der Waals surface area contributed by atoms with Crippen LogP contribution < -0.4 is 0 Å². The minimum absolute atomic E-state index is 0. The quantitative estimate of drug-likeness (QED) is 0.274. The van der Waals surface area contributed by atoms with Gasteiger partial charge in [-0.1, -0.05) is 127 Å². The van der Waals surface area contributed by atoms with Crippen molar-refractivity contribution in [3.05, 3.63) is 68.5 Å². The Bertz CT molecular complexity index is 710. The molecule has 0 radical (unpaired) electrons. The fourth-order valence-electron chi connectivity index (χ4n) is 2.75. The summed E-state index contributed by atoms with van der Waals surface area (Å²) >= 11 is 0. The van der Waals surface area contributed by atoms with Crippen LogP contribution in [0.25, 0.3) is 19.9 Å². The molecule has 2 aromatic rings. The second kappa shape index (κ2) is 12.9. The summed E-state index contributed by atoms with van der Waals surface area (Å²) in [6, 6.07) is 16.5. The molecule has 4 nitrogen and oxygen atoms in total. The first-order valence-electron chi connectivity index (χ1n) is 11.4. The van der Waals surface area contributed by atoms with Crippen LogP contribution in [0.4, 0.5) is 22.7 Å². The summed E-state index contributed by atoms with van der Waals surface area (Å²) in [5.41, 5.74) is 4.29. The second-order valence-electron chi connectivity index (χ2n) is 12.1. The summed E-state index contributed by atoms with van der Waals surface area (Å²) < 4.78 is 0. The van der Waals surface area contributed by atoms with Crippen LogP contribution in [-0.2, 0) is 26.2 Å². The molecule has 2 rings (SSSR count). The Morgan fingerprint density at radius 2 is 0.515 bits per heavy atom. The third-order valence-electron chi connectivity index (χ3n) is 3.59. The van der Waals surface area contributed by atoms with Crippen LogP contribution in [0.1, 0.15) is 0 Å². The van der Waals surface area contributed by atoms with E-state index in [0.717, 1.165) is 22.7 Å². The molecule has 0 aliphatic carbocycles. The van der Waals surface area contributed by atoms with Crippen molar-refractivity contribution in [1.82, 2.24) is 0 Å². The maximum atomic E-state index is 4.84. The zero-order valence-corrected chi connectivity index (χ0v) is 29.4. The third kappa shape index (κ3) is 15.8. The molecule has 0 saturated heterocycles. The zero-order valence-electron chi connectivity index (χ0n) is 22.9. The van der Waals surface area contributed by atoms with Crippen LogP contribution in [0.3, 0.4) is 0 Å². The molecule has 33 heavy (non-hydrogen) atoms. The van der Waals surface area contributed by atoms with Gasteiger partial charge < -0.3 is 19.9 Å². The summed E-state index contributed by atoms with van der Waals surface area (Å²) in [4.78, 5) is 19.4. The average molecular weight is 592 g/mol. The first-order valence-corrected chi connectivity index (χ1v) is 25.2. The topological polar surface area (TPSA) is 56.4 Å². The zero-order chi connectivity index (χ0) is 24.8. The van der Waals surface area contributed by atoms with E-state index in [1.807, 2.05) is 24.3 Å². The fourth-order valence-corrected chi connectivity index (χ4v) is 6.40. The minimum atomic E-state index is -1.42. The van der Waals surface area contributed by atoms with Gasteiger partial charge in [0.15, 0.2) is 0 Å². The SMILES string of the molecule is C[Si](C)(C)[N-]c1ccccc1[N-][Si](C)(C)C.C[Si](C)(C)[N-]c1ccccc1[N-][Si](C)(C)C.[Zr+4]. The fraction of sp³-hybridized carbons (Fsp3) is 0.500. The van der Waals surface area contributed by atoms with E-state index >= 15 is 0 Å². The van der Waals surface area contributed by atoms with Gasteiger partial charge in [0.05, 0.1) is 0 Å². The molecule has 0 bridgehead atoms. The van der Waals surface area contributed by atoms with Crippen LogP contribution >= 0.6 is 0 Å². The van der Waals surface area contributed by atoms with E-state index < -0.39 is 32.9 Å². The van der Waals surface area contributed by atoms with Gasteiger partial charge in [-0.25, -0.2) is 0 Å². The van der Waals surface area contributed by atoms with E-state index in [-0.39, 0.29) is 26.2 Å². The van der Waals surface area contributed by atoms with E-state index in [2.05, 4.69) is 103 Å². The van der Waals surface area contributed by atoms with Gasteiger partial charge in [0, 0.05) is 0 Å². The van der Waals surface area contributed by atoms with E-state index in [4.69, 9.17) is 19.9 Å². The number of benzene rings is 2. The maximum absolute atomic E-state index is 4.84. The predicted molar refractivity (Wildman–Crippen MR) is 158 cm³/mol. The van der Waals surface area contributed by atoms with Gasteiger partial charge in [0.2, 0.25) is 0 Å². The maximum Gasteiger partial charge on any atom is 4.00 e. The molecular formula is C24H44N4Si4Zr. The Morgan fingerprint density at radius 1 is 0.364 bits per heavy atom. The number of nitrogens with zero attached hydrogens (tertiary/aromatic N) is 4. The first kappa shape index (κ1) is 32.4. The largest absolute Gasteiger partial charge is 4.00 e. The number of hydrogen-bond acceptors (Lipinski definition) is 0. The Morgan fingerprint density at radius 3 is 0.636 bits per heavy atom. The molecule has 0 aromatic heterocycles. The van der Waals surface area contributed by atoms with E-state index in [1.54, 1.807) is 0 Å². The Kier molecular flexibility index (Phi) is 12.7. The van der Waals surface area contributed by atoms with Crippen LogP contribution in [-0.4, -0.2) is 32.9 Å². The van der Waals surface area contributed by atoms with E-state index in [9.17, 15) is 0 Å². The van der Waals surface area contributed by atoms with Gasteiger partial charge in [0.1, 0.15) is 0 Å². The monoisotopic (exact) mass is 590 g/mol. The number of rotatable bonds is 8. The molecule has 0 saturated carbocycles. The Labute approximate surface area is 227 Å². The second-order valence-corrected chi connectivity index (χ2v) is 30.4. The van der Waals surface area contributed by atoms with Gasteiger partial charge in [-0.3, -0.25) is 0 Å². The van der Waals surface area contributed by atoms with Gasteiger partial charge in [-0.2, -0.15) is 22.7 Å². The smallest absolute Gasteiger partial charge is 0.688 e. The summed E-state index contributed by atoms with van der Waals surface area (Å²) in [6.07, 6.45) is 0. The van der Waals surface area contributed by atoms with Crippen LogP contribution in [0.5, 0.6) is 0 Å². The van der Waals surface area contributed by atoms with Gasteiger partial charge in [-0.05, 0) is 32.9 Å². The van der Waals surface area contributed by atoms with Gasteiger partial charge in [-0.15, -0.1) is 0 Å². The molecule has 0 aliphatic heterocycles. The molecular weight excluding hydrogens is 548 g/mol. The van der Waals surface area contributed by atoms with Crippen molar-refractivity contribution in [2.24, 2.45) is 0 Å². The van der Waals surface area contributed by atoms with Crippen molar-refractivity contribution >= 4 is 55.7 Å². The van der Waals surface area contributed by atoms with Crippen LogP contribution in [0.15, 0.2) is 48.5 Å². The van der Waals surface area contributed by atoms with Crippen molar-refractivity contribution in [3.8, 4) is 0 Å². The van der Waals surface area contributed by atoms with Crippen molar-refractivity contribution in [2.75, 3.05) is 0 Å². The molecule has 9 heteroatoms. The third-order valence-corrected chi connectivity index (χ3v) is 7.23. The molecule has 0 amide bonds. The average Bonchev–Trinajstić information content (AvgIpc) is 2.54. The van der Waals surface area contributed by atoms with Crippen molar-refractivity contribution < 1.29 is 26.2 Å².